The Hall–Kier alpha value is -0.532. The van der Waals surface area contributed by atoms with Crippen molar-refractivity contribution in [3.63, 3.8) is 0 Å². The van der Waals surface area contributed by atoms with E-state index in [-0.39, 0.29) is 32.6 Å². The molecule has 0 aliphatic carbocycles. The molecule has 3 nitrogen and oxygen atoms in total. The molecule has 0 unspecified atom stereocenters. The van der Waals surface area contributed by atoms with Gasteiger partial charge in [-0.3, -0.25) is 0 Å². The van der Waals surface area contributed by atoms with Gasteiger partial charge in [0, 0.05) is 21.1 Å². The normalized spacial score (nSPS) is 9.08. The molecule has 1 aromatic rings. The van der Waals surface area contributed by atoms with Crippen LogP contribution in [0.5, 0.6) is 11.5 Å². The van der Waals surface area contributed by atoms with Gasteiger partial charge in [0.05, 0.1) is 0 Å². The molecule has 0 heterocycles. The summed E-state index contributed by atoms with van der Waals surface area (Å²) in [7, 11) is 0. The van der Waals surface area contributed by atoms with Crippen molar-refractivity contribution < 1.29 is 31.3 Å². The van der Waals surface area contributed by atoms with E-state index in [1.54, 1.807) is 6.07 Å². The third kappa shape index (κ3) is 2.84. The van der Waals surface area contributed by atoms with Crippen molar-refractivity contribution in [1.29, 1.82) is 0 Å². The molecule has 12 heavy (non-hydrogen) atoms. The Morgan fingerprint density at radius 2 is 1.83 bits per heavy atom. The van der Waals surface area contributed by atoms with Crippen LogP contribution in [0.1, 0.15) is 5.56 Å². The van der Waals surface area contributed by atoms with Crippen LogP contribution in [0.25, 0.3) is 0 Å². The van der Waals surface area contributed by atoms with E-state index in [4.69, 9.17) is 15.9 Å². The molecule has 0 radical (unpaired) electrons. The smallest absolute Gasteiger partial charge is 0.157 e. The predicted molar refractivity (Wildman–Crippen MR) is 42.5 cm³/mol. The van der Waals surface area contributed by atoms with E-state index in [2.05, 4.69) is 0 Å². The minimum absolute atomic E-state index is 0. The van der Waals surface area contributed by atoms with E-state index >= 15 is 0 Å². The van der Waals surface area contributed by atoms with Crippen LogP contribution >= 0.6 is 0 Å². The maximum atomic E-state index is 9.04. The van der Waals surface area contributed by atoms with Gasteiger partial charge in [0.1, 0.15) is 0 Å². The third-order valence-electron chi connectivity index (χ3n) is 1.47. The Morgan fingerprint density at radius 1 is 1.17 bits per heavy atom. The van der Waals surface area contributed by atoms with Crippen LogP contribution in [-0.2, 0) is 27.5 Å². The first-order chi connectivity index (χ1) is 5.24. The van der Waals surface area contributed by atoms with Gasteiger partial charge in [0.2, 0.25) is 0 Å². The first kappa shape index (κ1) is 11.5. The van der Waals surface area contributed by atoms with Crippen LogP contribution < -0.4 is 5.73 Å². The molecule has 0 spiro atoms. The molecule has 0 atom stereocenters. The molecule has 0 fully saturated rings. The quantitative estimate of drug-likeness (QED) is 0.693. The molecular formula is C8H11NO2W. The van der Waals surface area contributed by atoms with Gasteiger partial charge in [-0.1, -0.05) is 6.07 Å². The number of phenols is 2. The predicted octanol–water partition coefficient (Wildman–Crippen LogP) is 0.596. The van der Waals surface area contributed by atoms with E-state index in [0.717, 1.165) is 5.56 Å². The summed E-state index contributed by atoms with van der Waals surface area (Å²) >= 11 is 0. The zero-order chi connectivity index (χ0) is 8.27. The largest absolute Gasteiger partial charge is 0.504 e. The van der Waals surface area contributed by atoms with Crippen molar-refractivity contribution in [3.8, 4) is 11.5 Å². The fourth-order valence-corrected chi connectivity index (χ4v) is 0.891. The zero-order valence-electron chi connectivity index (χ0n) is 6.53. The second-order valence-electron chi connectivity index (χ2n) is 2.36. The molecule has 0 aliphatic rings. The minimum atomic E-state index is -0.0919. The first-order valence-corrected chi connectivity index (χ1v) is 3.45. The number of benzene rings is 1. The first-order valence-electron chi connectivity index (χ1n) is 3.45. The number of hydrogen-bond acceptors (Lipinski definition) is 3. The molecule has 0 bridgehead atoms. The monoisotopic (exact) mass is 337 g/mol. The molecule has 1 aromatic carbocycles. The Balaban J connectivity index is 0.00000121. The molecule has 0 aliphatic heterocycles. The van der Waals surface area contributed by atoms with E-state index < -0.39 is 0 Å². The maximum absolute atomic E-state index is 9.04. The summed E-state index contributed by atoms with van der Waals surface area (Å²) in [6.07, 6.45) is 0.716. The fraction of sp³-hybridized carbons (Fsp3) is 0.250. The summed E-state index contributed by atoms with van der Waals surface area (Å²) < 4.78 is 0. The number of phenolic OH excluding ortho intramolecular Hbond substituents is 2. The SMILES string of the molecule is NCCc1ccc(O)c(O)c1.[W]. The van der Waals surface area contributed by atoms with Crippen molar-refractivity contribution in [2.24, 2.45) is 5.73 Å². The Kier molecular flexibility index (Phi) is 4.94. The van der Waals surface area contributed by atoms with E-state index in [0.29, 0.717) is 13.0 Å². The van der Waals surface area contributed by atoms with Crippen LogP contribution in [0.15, 0.2) is 18.2 Å². The van der Waals surface area contributed by atoms with Crippen LogP contribution in [0.2, 0.25) is 0 Å². The van der Waals surface area contributed by atoms with Crippen LogP contribution in [0, 0.1) is 0 Å². The van der Waals surface area contributed by atoms with Gasteiger partial charge in [-0.05, 0) is 30.7 Å². The molecule has 66 valence electrons. The van der Waals surface area contributed by atoms with Gasteiger partial charge in [-0.15, -0.1) is 0 Å². The van der Waals surface area contributed by atoms with Crippen LogP contribution in [0.3, 0.4) is 0 Å². The minimum Gasteiger partial charge on any atom is -0.504 e. The van der Waals surface area contributed by atoms with E-state index in [1.807, 2.05) is 0 Å². The second-order valence-corrected chi connectivity index (χ2v) is 2.36. The number of rotatable bonds is 2. The van der Waals surface area contributed by atoms with Crippen molar-refractivity contribution in [3.05, 3.63) is 23.8 Å². The van der Waals surface area contributed by atoms with Gasteiger partial charge >= 0.3 is 0 Å². The van der Waals surface area contributed by atoms with Gasteiger partial charge in [0.15, 0.2) is 11.5 Å². The van der Waals surface area contributed by atoms with Crippen molar-refractivity contribution in [2.75, 3.05) is 6.54 Å². The number of aromatic hydroxyl groups is 2. The van der Waals surface area contributed by atoms with E-state index in [9.17, 15) is 0 Å². The summed E-state index contributed by atoms with van der Waals surface area (Å²) in [4.78, 5) is 0. The van der Waals surface area contributed by atoms with Gasteiger partial charge < -0.3 is 15.9 Å². The van der Waals surface area contributed by atoms with Crippen molar-refractivity contribution in [1.82, 2.24) is 0 Å². The molecule has 0 saturated heterocycles. The zero-order valence-corrected chi connectivity index (χ0v) is 9.46. The van der Waals surface area contributed by atoms with Gasteiger partial charge in [0.25, 0.3) is 0 Å². The summed E-state index contributed by atoms with van der Waals surface area (Å²) in [5.41, 5.74) is 6.24. The average Bonchev–Trinajstić information content (AvgIpc) is 1.98. The average molecular weight is 337 g/mol. The van der Waals surface area contributed by atoms with Crippen LogP contribution in [-0.4, -0.2) is 16.8 Å². The molecule has 0 saturated carbocycles. The molecular weight excluding hydrogens is 326 g/mol. The second kappa shape index (κ2) is 5.17. The molecule has 0 aromatic heterocycles. The fourth-order valence-electron chi connectivity index (χ4n) is 0.891. The van der Waals surface area contributed by atoms with E-state index in [1.165, 1.54) is 12.1 Å². The molecule has 4 heteroatoms. The molecule has 4 N–H and O–H groups in total. The van der Waals surface area contributed by atoms with Gasteiger partial charge in [-0.2, -0.15) is 0 Å². The number of hydrogen-bond donors (Lipinski definition) is 3. The van der Waals surface area contributed by atoms with Crippen molar-refractivity contribution >= 4 is 0 Å². The summed E-state index contributed by atoms with van der Waals surface area (Å²) in [6.45, 7) is 0.546. The van der Waals surface area contributed by atoms with Crippen molar-refractivity contribution in [2.45, 2.75) is 6.42 Å². The summed E-state index contributed by atoms with van der Waals surface area (Å²) in [5, 5.41) is 18.0. The Bertz CT molecular complexity index is 253. The molecule has 0 amide bonds. The summed E-state index contributed by atoms with van der Waals surface area (Å²) in [5.74, 6) is -0.179. The maximum Gasteiger partial charge on any atom is 0.157 e. The summed E-state index contributed by atoms with van der Waals surface area (Å²) in [6, 6.07) is 4.71. The number of nitrogens with two attached hydrogens (primary N) is 1. The standard InChI is InChI=1S/C8H11NO2.W/c9-4-3-6-1-2-7(10)8(11)5-6;/h1-2,5,10-11H,3-4,9H2;. The van der Waals surface area contributed by atoms with Gasteiger partial charge in [-0.25, -0.2) is 0 Å². The van der Waals surface area contributed by atoms with Crippen LogP contribution in [0.4, 0.5) is 0 Å². The Labute approximate surface area is 85.5 Å². The topological polar surface area (TPSA) is 66.5 Å². The molecule has 1 rings (SSSR count). The third-order valence-corrected chi connectivity index (χ3v) is 1.47. The Morgan fingerprint density at radius 3 is 2.33 bits per heavy atom.